The molecule has 1 aromatic rings. The molecule has 4 rings (SSSR count). The molecule has 0 unspecified atom stereocenters. The highest BCUT2D eigenvalue weighted by molar-refractivity contribution is 5.75. The predicted octanol–water partition coefficient (Wildman–Crippen LogP) is 4.20. The van der Waals surface area contributed by atoms with E-state index in [-0.39, 0.29) is 17.3 Å². The minimum atomic E-state index is -0.195. The van der Waals surface area contributed by atoms with E-state index in [9.17, 15) is 15.0 Å². The Morgan fingerprint density at radius 2 is 2.08 bits per heavy atom. The number of aryl methyl sites for hydroxylation is 1. The van der Waals surface area contributed by atoms with Crippen molar-refractivity contribution in [2.75, 3.05) is 0 Å². The largest absolute Gasteiger partial charge is 0.508 e. The fourth-order valence-electron chi connectivity index (χ4n) is 6.52. The summed E-state index contributed by atoms with van der Waals surface area (Å²) in [7, 11) is 0. The number of fused-ring (bicyclic) bond motifs is 5. The maximum absolute atomic E-state index is 11.6. The van der Waals surface area contributed by atoms with Gasteiger partial charge < -0.3 is 15.0 Å². The second-order valence-corrected chi connectivity index (χ2v) is 9.02. The Labute approximate surface area is 150 Å². The lowest BCUT2D eigenvalue weighted by Crippen LogP contribution is -2.48. The monoisotopic (exact) mass is 342 g/mol. The van der Waals surface area contributed by atoms with Crippen molar-refractivity contribution >= 4 is 5.78 Å². The maximum Gasteiger partial charge on any atom is 0.129 e. The van der Waals surface area contributed by atoms with E-state index < -0.39 is 0 Å². The summed E-state index contributed by atoms with van der Waals surface area (Å²) in [5.41, 5.74) is 2.69. The SMILES string of the molecule is CC(=O)CC[C@H]1C[C@]2(C)[C@@H](O)CC[C@H]2[C@@H]2CCc3cc(O)ccc3[C@@H]12. The highest BCUT2D eigenvalue weighted by Gasteiger charge is 2.57. The number of Topliss-reactive ketones (excluding diaryl/α,β-unsaturated/α-hetero) is 1. The lowest BCUT2D eigenvalue weighted by Gasteiger charge is -2.54. The quantitative estimate of drug-likeness (QED) is 0.865. The minimum Gasteiger partial charge on any atom is -0.508 e. The second kappa shape index (κ2) is 6.12. The Hall–Kier alpha value is -1.35. The molecule has 3 aliphatic carbocycles. The van der Waals surface area contributed by atoms with E-state index in [0.717, 1.165) is 38.5 Å². The van der Waals surface area contributed by atoms with Crippen molar-refractivity contribution < 1.29 is 15.0 Å². The fraction of sp³-hybridized carbons (Fsp3) is 0.682. The van der Waals surface area contributed by atoms with Crippen molar-refractivity contribution in [3.8, 4) is 5.75 Å². The zero-order chi connectivity index (χ0) is 17.8. The molecule has 0 heterocycles. The second-order valence-electron chi connectivity index (χ2n) is 9.02. The van der Waals surface area contributed by atoms with Crippen LogP contribution in [0.15, 0.2) is 18.2 Å². The van der Waals surface area contributed by atoms with Gasteiger partial charge in [0.25, 0.3) is 0 Å². The summed E-state index contributed by atoms with van der Waals surface area (Å²) in [4.78, 5) is 11.6. The first kappa shape index (κ1) is 17.1. The molecule has 0 amide bonds. The number of ketones is 1. The van der Waals surface area contributed by atoms with Crippen LogP contribution in [0, 0.1) is 23.2 Å². The smallest absolute Gasteiger partial charge is 0.129 e. The summed E-state index contributed by atoms with van der Waals surface area (Å²) in [6.07, 6.45) is 6.60. The van der Waals surface area contributed by atoms with Gasteiger partial charge in [-0.3, -0.25) is 0 Å². The molecule has 2 N–H and O–H groups in total. The number of phenolic OH excluding ortho intramolecular Hbond substituents is 1. The number of rotatable bonds is 3. The number of phenols is 1. The van der Waals surface area contributed by atoms with Crippen LogP contribution in [0.4, 0.5) is 0 Å². The number of carbonyl (C=O) groups excluding carboxylic acids is 1. The summed E-state index contributed by atoms with van der Waals surface area (Å²) in [6.45, 7) is 3.97. The zero-order valence-corrected chi connectivity index (χ0v) is 15.4. The van der Waals surface area contributed by atoms with E-state index in [1.54, 1.807) is 6.92 Å². The molecule has 0 bridgehead atoms. The fourth-order valence-corrected chi connectivity index (χ4v) is 6.52. The molecule has 3 aliphatic rings. The first-order valence-electron chi connectivity index (χ1n) is 9.89. The first-order valence-corrected chi connectivity index (χ1v) is 9.89. The van der Waals surface area contributed by atoms with Crippen LogP contribution in [0.1, 0.15) is 69.4 Å². The number of aliphatic hydroxyl groups excluding tert-OH is 1. The van der Waals surface area contributed by atoms with Gasteiger partial charge in [-0.1, -0.05) is 13.0 Å². The van der Waals surface area contributed by atoms with Crippen LogP contribution in [-0.2, 0) is 11.2 Å². The van der Waals surface area contributed by atoms with Crippen LogP contribution in [0.5, 0.6) is 5.75 Å². The molecule has 0 radical (unpaired) electrons. The van der Waals surface area contributed by atoms with Crippen molar-refractivity contribution in [1.82, 2.24) is 0 Å². The molecular formula is C22H30O3. The molecular weight excluding hydrogens is 312 g/mol. The third-order valence-corrected chi connectivity index (χ3v) is 7.65. The van der Waals surface area contributed by atoms with E-state index in [1.165, 1.54) is 11.1 Å². The van der Waals surface area contributed by atoms with E-state index in [0.29, 0.717) is 35.8 Å². The molecule has 2 saturated carbocycles. The van der Waals surface area contributed by atoms with Crippen molar-refractivity contribution in [2.24, 2.45) is 23.2 Å². The zero-order valence-electron chi connectivity index (χ0n) is 15.4. The molecule has 1 aromatic carbocycles. The molecule has 0 saturated heterocycles. The summed E-state index contributed by atoms with van der Waals surface area (Å²) < 4.78 is 0. The molecule has 0 spiro atoms. The number of aliphatic hydroxyl groups is 1. The number of hydrogen-bond donors (Lipinski definition) is 2. The summed E-state index contributed by atoms with van der Waals surface area (Å²) in [6, 6.07) is 5.88. The van der Waals surface area contributed by atoms with Crippen LogP contribution in [-0.4, -0.2) is 22.1 Å². The van der Waals surface area contributed by atoms with Crippen LogP contribution >= 0.6 is 0 Å². The molecule has 0 aliphatic heterocycles. The molecule has 136 valence electrons. The van der Waals surface area contributed by atoms with E-state index in [1.807, 2.05) is 12.1 Å². The number of benzene rings is 1. The van der Waals surface area contributed by atoms with Crippen molar-refractivity contribution in [1.29, 1.82) is 0 Å². The van der Waals surface area contributed by atoms with Gasteiger partial charge >= 0.3 is 0 Å². The number of aromatic hydroxyl groups is 1. The van der Waals surface area contributed by atoms with Crippen LogP contribution < -0.4 is 0 Å². The van der Waals surface area contributed by atoms with E-state index in [2.05, 4.69) is 13.0 Å². The van der Waals surface area contributed by atoms with Crippen molar-refractivity contribution in [3.63, 3.8) is 0 Å². The van der Waals surface area contributed by atoms with Gasteiger partial charge in [-0.15, -0.1) is 0 Å². The molecule has 6 atom stereocenters. The normalized spacial score (nSPS) is 39.4. The average molecular weight is 342 g/mol. The van der Waals surface area contributed by atoms with E-state index >= 15 is 0 Å². The van der Waals surface area contributed by atoms with Crippen molar-refractivity contribution in [3.05, 3.63) is 29.3 Å². The van der Waals surface area contributed by atoms with Gasteiger partial charge in [-0.05, 0) is 97.8 Å². The summed E-state index contributed by atoms with van der Waals surface area (Å²) >= 11 is 0. The predicted molar refractivity (Wildman–Crippen MR) is 97.5 cm³/mol. The van der Waals surface area contributed by atoms with Gasteiger partial charge in [0, 0.05) is 6.42 Å². The van der Waals surface area contributed by atoms with Crippen LogP contribution in [0.2, 0.25) is 0 Å². The first-order chi connectivity index (χ1) is 11.9. The average Bonchev–Trinajstić information content (AvgIpc) is 2.87. The van der Waals surface area contributed by atoms with Gasteiger partial charge in [-0.2, -0.15) is 0 Å². The molecule has 2 fully saturated rings. The Morgan fingerprint density at radius 3 is 2.84 bits per heavy atom. The van der Waals surface area contributed by atoms with Gasteiger partial charge in [-0.25, -0.2) is 0 Å². The van der Waals surface area contributed by atoms with Crippen LogP contribution in [0.25, 0.3) is 0 Å². The summed E-state index contributed by atoms with van der Waals surface area (Å²) in [5, 5.41) is 20.6. The molecule has 3 nitrogen and oxygen atoms in total. The maximum atomic E-state index is 11.6. The van der Waals surface area contributed by atoms with Gasteiger partial charge in [0.2, 0.25) is 0 Å². The number of carbonyl (C=O) groups is 1. The molecule has 0 aromatic heterocycles. The Balaban J connectivity index is 1.73. The van der Waals surface area contributed by atoms with Gasteiger partial charge in [0.1, 0.15) is 11.5 Å². The lowest BCUT2D eigenvalue weighted by molar-refractivity contribution is -0.117. The Morgan fingerprint density at radius 1 is 1.28 bits per heavy atom. The van der Waals surface area contributed by atoms with Crippen molar-refractivity contribution in [2.45, 2.75) is 70.8 Å². The third-order valence-electron chi connectivity index (χ3n) is 7.65. The van der Waals surface area contributed by atoms with Crippen LogP contribution in [0.3, 0.4) is 0 Å². The highest BCUT2D eigenvalue weighted by Crippen LogP contribution is 2.63. The number of hydrogen-bond acceptors (Lipinski definition) is 3. The lowest BCUT2D eigenvalue weighted by atomic mass is 9.51. The van der Waals surface area contributed by atoms with Gasteiger partial charge in [0.05, 0.1) is 6.10 Å². The minimum absolute atomic E-state index is 0.0110. The highest BCUT2D eigenvalue weighted by atomic mass is 16.3. The Kier molecular flexibility index (Phi) is 4.18. The van der Waals surface area contributed by atoms with Gasteiger partial charge in [0.15, 0.2) is 0 Å². The Bertz CT molecular complexity index is 682. The molecule has 3 heteroatoms. The summed E-state index contributed by atoms with van der Waals surface area (Å²) in [5.74, 6) is 2.73. The van der Waals surface area contributed by atoms with E-state index in [4.69, 9.17) is 0 Å². The molecule has 25 heavy (non-hydrogen) atoms. The third kappa shape index (κ3) is 2.71. The standard InChI is InChI=1S/C22H30O3/c1-13(23)3-4-15-12-22(2)19(9-10-20(22)25)18-7-5-14-11-16(24)6-8-17(14)21(15)18/h6,8,11,15,18-21,24-25H,3-5,7,9-10,12H2,1-2H3/t15-,18-,19-,20-,21+,22-/m0/s1. The topological polar surface area (TPSA) is 57.5 Å².